The molecule has 2 aliphatic rings. The molecule has 3 amide bonds. The molecule has 1 heterocycles. The van der Waals surface area contributed by atoms with Crippen LogP contribution in [0.25, 0.3) is 0 Å². The van der Waals surface area contributed by atoms with Crippen molar-refractivity contribution < 1.29 is 14.0 Å². The van der Waals surface area contributed by atoms with Crippen LogP contribution < -0.4 is 4.90 Å². The van der Waals surface area contributed by atoms with Crippen molar-refractivity contribution in [3.05, 3.63) is 64.4 Å². The smallest absolute Gasteiger partial charge is 0.316 e. The molecular formula is C22H22ClFN2O2. The highest BCUT2D eigenvalue weighted by Gasteiger charge is 2.47. The van der Waals surface area contributed by atoms with Crippen molar-refractivity contribution in [3.63, 3.8) is 0 Å². The second kappa shape index (κ2) is 7.55. The molecule has 2 aromatic carbocycles. The maximum atomic E-state index is 14.4. The average Bonchev–Trinajstić information content (AvgIpc) is 2.69. The minimum Gasteiger partial charge on any atom is -0.316 e. The van der Waals surface area contributed by atoms with E-state index in [-0.39, 0.29) is 24.4 Å². The number of anilines is 1. The Kier molecular flexibility index (Phi) is 5.11. The Morgan fingerprint density at radius 3 is 2.50 bits per heavy atom. The van der Waals surface area contributed by atoms with Gasteiger partial charge in [0.2, 0.25) is 5.91 Å². The third-order valence-electron chi connectivity index (χ3n) is 5.79. The van der Waals surface area contributed by atoms with E-state index in [1.54, 1.807) is 29.2 Å². The third kappa shape index (κ3) is 3.28. The van der Waals surface area contributed by atoms with Crippen LogP contribution in [0.5, 0.6) is 0 Å². The van der Waals surface area contributed by atoms with Crippen LogP contribution in [-0.2, 0) is 11.3 Å². The lowest BCUT2D eigenvalue weighted by Gasteiger charge is -2.46. The fourth-order valence-corrected chi connectivity index (χ4v) is 4.50. The number of urea groups is 1. The molecule has 0 bridgehead atoms. The van der Waals surface area contributed by atoms with Crippen molar-refractivity contribution >= 4 is 29.2 Å². The Morgan fingerprint density at radius 1 is 1.07 bits per heavy atom. The zero-order valence-corrected chi connectivity index (χ0v) is 16.5. The number of carbonyl (C=O) groups is 2. The fraction of sp³-hybridized carbons (Fsp3) is 0.364. The standard InChI is InChI=1S/C22H22ClFN2O2/c1-14-9-11-15(12-10-14)26-21(27)16-5-2-3-8-20(16)25(22(26)28)13-17-18(23)6-4-7-19(17)24/h4,6-7,9-12,16,20H,2-3,5,8,13H2,1H3. The predicted octanol–water partition coefficient (Wildman–Crippen LogP) is 5.32. The highest BCUT2D eigenvalue weighted by molar-refractivity contribution is 6.31. The van der Waals surface area contributed by atoms with E-state index in [4.69, 9.17) is 11.6 Å². The molecule has 4 rings (SSSR count). The molecule has 2 aromatic rings. The van der Waals surface area contributed by atoms with Crippen LogP contribution in [0.2, 0.25) is 5.02 Å². The van der Waals surface area contributed by atoms with Crippen molar-refractivity contribution in [1.82, 2.24) is 4.90 Å². The second-order valence-electron chi connectivity index (χ2n) is 7.58. The molecule has 28 heavy (non-hydrogen) atoms. The number of hydrogen-bond acceptors (Lipinski definition) is 2. The molecule has 1 saturated heterocycles. The van der Waals surface area contributed by atoms with Gasteiger partial charge in [0, 0.05) is 16.6 Å². The van der Waals surface area contributed by atoms with Gasteiger partial charge in [-0.05, 0) is 44.0 Å². The van der Waals surface area contributed by atoms with Crippen LogP contribution in [0, 0.1) is 18.7 Å². The summed E-state index contributed by atoms with van der Waals surface area (Å²) in [5.41, 5.74) is 1.89. The summed E-state index contributed by atoms with van der Waals surface area (Å²) in [6, 6.07) is 11.2. The number of hydrogen-bond donors (Lipinski definition) is 0. The first-order chi connectivity index (χ1) is 13.5. The number of amides is 3. The monoisotopic (exact) mass is 400 g/mol. The number of nitrogens with zero attached hydrogens (tertiary/aromatic N) is 2. The first kappa shape index (κ1) is 18.9. The quantitative estimate of drug-likeness (QED) is 0.700. The molecule has 146 valence electrons. The summed E-state index contributed by atoms with van der Waals surface area (Å²) in [4.78, 5) is 29.4. The Labute approximate surface area is 168 Å². The maximum absolute atomic E-state index is 14.4. The molecule has 0 spiro atoms. The molecule has 1 saturated carbocycles. The van der Waals surface area contributed by atoms with Gasteiger partial charge < -0.3 is 4.90 Å². The maximum Gasteiger partial charge on any atom is 0.331 e. The van der Waals surface area contributed by atoms with E-state index in [1.807, 2.05) is 19.1 Å². The van der Waals surface area contributed by atoms with Gasteiger partial charge in [-0.2, -0.15) is 0 Å². The van der Waals surface area contributed by atoms with Crippen LogP contribution in [0.4, 0.5) is 14.9 Å². The molecule has 1 aliphatic heterocycles. The van der Waals surface area contributed by atoms with Gasteiger partial charge in [0.15, 0.2) is 0 Å². The molecule has 6 heteroatoms. The van der Waals surface area contributed by atoms with Crippen LogP contribution in [0.15, 0.2) is 42.5 Å². The molecule has 0 N–H and O–H groups in total. The van der Waals surface area contributed by atoms with E-state index >= 15 is 0 Å². The van der Waals surface area contributed by atoms with Crippen LogP contribution in [-0.4, -0.2) is 22.9 Å². The fourth-order valence-electron chi connectivity index (χ4n) is 4.27. The largest absolute Gasteiger partial charge is 0.331 e. The zero-order valence-electron chi connectivity index (χ0n) is 15.7. The van der Waals surface area contributed by atoms with E-state index in [2.05, 4.69) is 0 Å². The Morgan fingerprint density at radius 2 is 1.79 bits per heavy atom. The van der Waals surface area contributed by atoms with E-state index in [0.717, 1.165) is 31.2 Å². The first-order valence-electron chi connectivity index (χ1n) is 9.61. The molecule has 1 aliphatic carbocycles. The molecular weight excluding hydrogens is 379 g/mol. The third-order valence-corrected chi connectivity index (χ3v) is 6.14. The summed E-state index contributed by atoms with van der Waals surface area (Å²) in [6.07, 6.45) is 3.39. The summed E-state index contributed by atoms with van der Waals surface area (Å²) >= 11 is 6.21. The van der Waals surface area contributed by atoms with Gasteiger partial charge in [0.25, 0.3) is 0 Å². The molecule has 0 radical (unpaired) electrons. The predicted molar refractivity (Wildman–Crippen MR) is 107 cm³/mol. The van der Waals surface area contributed by atoms with Gasteiger partial charge in [-0.3, -0.25) is 4.79 Å². The van der Waals surface area contributed by atoms with Gasteiger partial charge in [0.1, 0.15) is 5.82 Å². The minimum absolute atomic E-state index is 0.0567. The van der Waals surface area contributed by atoms with Crippen molar-refractivity contribution in [1.29, 1.82) is 0 Å². The minimum atomic E-state index is -0.438. The Hall–Kier alpha value is -2.40. The molecule has 2 unspecified atom stereocenters. The normalized spacial score (nSPS) is 22.4. The number of aryl methyl sites for hydroxylation is 1. The van der Waals surface area contributed by atoms with Gasteiger partial charge in [-0.25, -0.2) is 14.1 Å². The van der Waals surface area contributed by atoms with Crippen LogP contribution in [0.1, 0.15) is 36.8 Å². The van der Waals surface area contributed by atoms with Crippen molar-refractivity contribution in [2.24, 2.45) is 5.92 Å². The summed E-state index contributed by atoms with van der Waals surface area (Å²) in [6.45, 7) is 2.01. The van der Waals surface area contributed by atoms with E-state index in [0.29, 0.717) is 16.3 Å². The number of imide groups is 1. The number of rotatable bonds is 3. The van der Waals surface area contributed by atoms with Gasteiger partial charge in [0.05, 0.1) is 18.2 Å². The van der Waals surface area contributed by atoms with Gasteiger partial charge in [-0.15, -0.1) is 0 Å². The molecule has 2 fully saturated rings. The summed E-state index contributed by atoms with van der Waals surface area (Å²) < 4.78 is 14.4. The van der Waals surface area contributed by atoms with Crippen molar-refractivity contribution in [3.8, 4) is 0 Å². The lowest BCUT2D eigenvalue weighted by atomic mass is 9.81. The van der Waals surface area contributed by atoms with Crippen LogP contribution in [0.3, 0.4) is 0 Å². The lowest BCUT2D eigenvalue weighted by Crippen LogP contribution is -2.62. The molecule has 4 nitrogen and oxygen atoms in total. The average molecular weight is 401 g/mol. The summed E-state index contributed by atoms with van der Waals surface area (Å²) in [5.74, 6) is -0.862. The van der Waals surface area contributed by atoms with E-state index in [9.17, 15) is 14.0 Å². The molecule has 2 atom stereocenters. The van der Waals surface area contributed by atoms with Crippen molar-refractivity contribution in [2.45, 2.75) is 45.2 Å². The number of fused-ring (bicyclic) bond motifs is 1. The number of halogens is 2. The zero-order chi connectivity index (χ0) is 19.8. The number of carbonyl (C=O) groups excluding carboxylic acids is 2. The summed E-state index contributed by atoms with van der Waals surface area (Å²) in [5, 5.41) is 0.291. The van der Waals surface area contributed by atoms with Crippen molar-refractivity contribution in [2.75, 3.05) is 4.90 Å². The topological polar surface area (TPSA) is 40.6 Å². The van der Waals surface area contributed by atoms with Gasteiger partial charge >= 0.3 is 6.03 Å². The SMILES string of the molecule is Cc1ccc(N2C(=O)C3CCCCC3N(Cc3c(F)cccc3Cl)C2=O)cc1. The molecule has 0 aromatic heterocycles. The Bertz CT molecular complexity index is 895. The lowest BCUT2D eigenvalue weighted by molar-refractivity contribution is -0.126. The second-order valence-corrected chi connectivity index (χ2v) is 7.99. The highest BCUT2D eigenvalue weighted by Crippen LogP contribution is 2.38. The summed E-state index contributed by atoms with van der Waals surface area (Å²) in [7, 11) is 0. The van der Waals surface area contributed by atoms with E-state index in [1.165, 1.54) is 11.0 Å². The number of benzene rings is 2. The first-order valence-corrected chi connectivity index (χ1v) is 9.99. The highest BCUT2D eigenvalue weighted by atomic mass is 35.5. The Balaban J connectivity index is 1.74. The van der Waals surface area contributed by atoms with E-state index < -0.39 is 11.8 Å². The van der Waals surface area contributed by atoms with Gasteiger partial charge in [-0.1, -0.05) is 48.2 Å². The van der Waals surface area contributed by atoms with Crippen LogP contribution >= 0.6 is 11.6 Å².